The Hall–Kier alpha value is -3.60. The second-order valence-corrected chi connectivity index (χ2v) is 5.98. The van der Waals surface area contributed by atoms with E-state index in [1.54, 1.807) is 12.1 Å². The standard InChI is InChI=1S/C21H17N3O2/c25-21(26)17-10-5-4-9-15(17)13-22-20-19-16(14-7-2-1-3-8-14)11-6-12-18(19)23-24-20/h1-12H,13H2,(H,25,26)(H2,22,23,24). The highest BCUT2D eigenvalue weighted by molar-refractivity contribution is 6.02. The minimum Gasteiger partial charge on any atom is -0.478 e. The van der Waals surface area contributed by atoms with Crippen molar-refractivity contribution in [2.75, 3.05) is 5.32 Å². The number of fused-ring (bicyclic) bond motifs is 1. The number of carbonyl (C=O) groups is 1. The lowest BCUT2D eigenvalue weighted by Gasteiger charge is -2.09. The summed E-state index contributed by atoms with van der Waals surface area (Å²) in [7, 11) is 0. The Labute approximate surface area is 150 Å². The first kappa shape index (κ1) is 15.9. The number of aromatic carboxylic acids is 1. The van der Waals surface area contributed by atoms with Crippen LogP contribution in [0, 0.1) is 0 Å². The van der Waals surface area contributed by atoms with Crippen molar-refractivity contribution < 1.29 is 9.90 Å². The molecule has 0 saturated carbocycles. The van der Waals surface area contributed by atoms with E-state index in [1.807, 2.05) is 42.5 Å². The molecule has 1 aromatic heterocycles. The lowest BCUT2D eigenvalue weighted by Crippen LogP contribution is -2.07. The zero-order valence-corrected chi connectivity index (χ0v) is 13.9. The van der Waals surface area contributed by atoms with Crippen LogP contribution in [0.4, 0.5) is 5.82 Å². The van der Waals surface area contributed by atoms with Crippen molar-refractivity contribution in [2.45, 2.75) is 6.54 Å². The van der Waals surface area contributed by atoms with Gasteiger partial charge in [-0.15, -0.1) is 0 Å². The van der Waals surface area contributed by atoms with E-state index in [9.17, 15) is 9.90 Å². The van der Waals surface area contributed by atoms with Crippen LogP contribution in [-0.2, 0) is 6.54 Å². The number of carboxylic acid groups (broad SMARTS) is 1. The van der Waals surface area contributed by atoms with Crippen LogP contribution in [0.2, 0.25) is 0 Å². The highest BCUT2D eigenvalue weighted by Crippen LogP contribution is 2.32. The van der Waals surface area contributed by atoms with Gasteiger partial charge in [0, 0.05) is 6.54 Å². The molecule has 0 bridgehead atoms. The van der Waals surface area contributed by atoms with Gasteiger partial charge in [0.15, 0.2) is 5.82 Å². The quantitative estimate of drug-likeness (QED) is 0.497. The highest BCUT2D eigenvalue weighted by Gasteiger charge is 2.13. The second-order valence-electron chi connectivity index (χ2n) is 5.98. The molecule has 0 atom stereocenters. The maximum atomic E-state index is 11.4. The molecule has 0 saturated heterocycles. The predicted molar refractivity (Wildman–Crippen MR) is 102 cm³/mol. The van der Waals surface area contributed by atoms with Gasteiger partial charge in [0.05, 0.1) is 16.5 Å². The number of nitrogens with zero attached hydrogens (tertiary/aromatic N) is 1. The molecule has 0 unspecified atom stereocenters. The summed E-state index contributed by atoms with van der Waals surface area (Å²) in [6.07, 6.45) is 0. The first-order valence-electron chi connectivity index (χ1n) is 8.31. The molecule has 0 aliphatic heterocycles. The van der Waals surface area contributed by atoms with Gasteiger partial charge in [0.25, 0.3) is 0 Å². The van der Waals surface area contributed by atoms with Gasteiger partial charge in [-0.05, 0) is 28.8 Å². The second kappa shape index (κ2) is 6.72. The zero-order chi connectivity index (χ0) is 17.9. The molecule has 0 fully saturated rings. The summed E-state index contributed by atoms with van der Waals surface area (Å²) in [5.74, 6) is -0.223. The maximum absolute atomic E-state index is 11.4. The molecule has 0 aliphatic carbocycles. The van der Waals surface area contributed by atoms with E-state index in [0.29, 0.717) is 23.5 Å². The molecule has 4 rings (SSSR count). The Balaban J connectivity index is 1.71. The Morgan fingerprint density at radius 3 is 2.54 bits per heavy atom. The van der Waals surface area contributed by atoms with Crippen LogP contribution in [-0.4, -0.2) is 21.3 Å². The van der Waals surface area contributed by atoms with E-state index in [4.69, 9.17) is 0 Å². The molecule has 0 spiro atoms. The third kappa shape index (κ3) is 2.91. The van der Waals surface area contributed by atoms with Crippen molar-refractivity contribution in [3.8, 4) is 11.1 Å². The van der Waals surface area contributed by atoms with Gasteiger partial charge in [0.2, 0.25) is 0 Å². The van der Waals surface area contributed by atoms with Crippen molar-refractivity contribution in [3.63, 3.8) is 0 Å². The number of hydrogen-bond acceptors (Lipinski definition) is 3. The van der Waals surface area contributed by atoms with Crippen molar-refractivity contribution in [3.05, 3.63) is 83.9 Å². The molecule has 0 amide bonds. The van der Waals surface area contributed by atoms with Crippen LogP contribution in [0.1, 0.15) is 15.9 Å². The molecule has 4 aromatic rings. The minimum atomic E-state index is -0.931. The van der Waals surface area contributed by atoms with Crippen molar-refractivity contribution in [1.29, 1.82) is 0 Å². The van der Waals surface area contributed by atoms with Gasteiger partial charge in [-0.25, -0.2) is 4.79 Å². The van der Waals surface area contributed by atoms with Crippen LogP contribution in [0.25, 0.3) is 22.0 Å². The number of nitrogens with one attached hydrogen (secondary N) is 2. The number of anilines is 1. The first-order chi connectivity index (χ1) is 12.7. The van der Waals surface area contributed by atoms with Crippen LogP contribution < -0.4 is 5.32 Å². The Bertz CT molecular complexity index is 1070. The minimum absolute atomic E-state index is 0.295. The molecular formula is C21H17N3O2. The molecule has 0 radical (unpaired) electrons. The molecule has 5 heteroatoms. The fourth-order valence-electron chi connectivity index (χ4n) is 3.12. The third-order valence-corrected chi connectivity index (χ3v) is 4.37. The van der Waals surface area contributed by atoms with E-state index in [2.05, 4.69) is 33.7 Å². The Morgan fingerprint density at radius 1 is 0.962 bits per heavy atom. The van der Waals surface area contributed by atoms with E-state index in [-0.39, 0.29) is 0 Å². The maximum Gasteiger partial charge on any atom is 0.336 e. The first-order valence-corrected chi connectivity index (χ1v) is 8.31. The van der Waals surface area contributed by atoms with Gasteiger partial charge >= 0.3 is 5.97 Å². The van der Waals surface area contributed by atoms with E-state index < -0.39 is 5.97 Å². The lowest BCUT2D eigenvalue weighted by molar-refractivity contribution is 0.0696. The molecule has 3 aromatic carbocycles. The smallest absolute Gasteiger partial charge is 0.336 e. The average molecular weight is 343 g/mol. The number of H-pyrrole nitrogens is 1. The average Bonchev–Trinajstić information content (AvgIpc) is 3.10. The summed E-state index contributed by atoms with van der Waals surface area (Å²) in [6.45, 7) is 0.381. The molecule has 5 nitrogen and oxygen atoms in total. The van der Waals surface area contributed by atoms with Crippen LogP contribution >= 0.6 is 0 Å². The van der Waals surface area contributed by atoms with Gasteiger partial charge in [-0.1, -0.05) is 60.7 Å². The molecule has 1 heterocycles. The van der Waals surface area contributed by atoms with E-state index in [0.717, 1.165) is 22.0 Å². The van der Waals surface area contributed by atoms with Crippen molar-refractivity contribution in [2.24, 2.45) is 0 Å². The number of carboxylic acids is 1. The van der Waals surface area contributed by atoms with Gasteiger partial charge in [-0.2, -0.15) is 5.10 Å². The molecule has 0 aliphatic rings. The van der Waals surface area contributed by atoms with Gasteiger partial charge < -0.3 is 10.4 Å². The van der Waals surface area contributed by atoms with Crippen molar-refractivity contribution in [1.82, 2.24) is 10.2 Å². The number of hydrogen-bond donors (Lipinski definition) is 3. The van der Waals surface area contributed by atoms with E-state index in [1.165, 1.54) is 0 Å². The summed E-state index contributed by atoms with van der Waals surface area (Å²) in [6, 6.07) is 23.1. The topological polar surface area (TPSA) is 78.0 Å². The summed E-state index contributed by atoms with van der Waals surface area (Å²) >= 11 is 0. The van der Waals surface area contributed by atoms with Gasteiger partial charge in [0.1, 0.15) is 0 Å². The largest absolute Gasteiger partial charge is 0.478 e. The third-order valence-electron chi connectivity index (χ3n) is 4.37. The van der Waals surface area contributed by atoms with Crippen LogP contribution in [0.5, 0.6) is 0 Å². The van der Waals surface area contributed by atoms with Gasteiger partial charge in [-0.3, -0.25) is 5.10 Å². The summed E-state index contributed by atoms with van der Waals surface area (Å²) in [5, 5.41) is 21.0. The predicted octanol–water partition coefficient (Wildman–Crippen LogP) is 4.54. The van der Waals surface area contributed by atoms with E-state index >= 15 is 0 Å². The van der Waals surface area contributed by atoms with Crippen molar-refractivity contribution >= 4 is 22.7 Å². The fraction of sp³-hybridized carbons (Fsp3) is 0.0476. The lowest BCUT2D eigenvalue weighted by atomic mass is 10.0. The number of aromatic amines is 1. The Kier molecular flexibility index (Phi) is 4.11. The highest BCUT2D eigenvalue weighted by atomic mass is 16.4. The van der Waals surface area contributed by atoms with Crippen LogP contribution in [0.15, 0.2) is 72.8 Å². The Morgan fingerprint density at radius 2 is 1.73 bits per heavy atom. The number of benzene rings is 3. The summed E-state index contributed by atoms with van der Waals surface area (Å²) in [5.41, 5.74) is 4.12. The monoisotopic (exact) mass is 343 g/mol. The SMILES string of the molecule is O=C(O)c1ccccc1CNc1n[nH]c2cccc(-c3ccccc3)c12. The summed E-state index contributed by atoms with van der Waals surface area (Å²) in [4.78, 5) is 11.4. The fourth-order valence-corrected chi connectivity index (χ4v) is 3.12. The number of aromatic nitrogens is 2. The summed E-state index contributed by atoms with van der Waals surface area (Å²) < 4.78 is 0. The van der Waals surface area contributed by atoms with Crippen LogP contribution in [0.3, 0.4) is 0 Å². The number of rotatable bonds is 5. The molecule has 3 N–H and O–H groups in total. The molecule has 128 valence electrons. The normalized spacial score (nSPS) is 10.8. The zero-order valence-electron chi connectivity index (χ0n) is 13.9. The molecule has 26 heavy (non-hydrogen) atoms. The molecular weight excluding hydrogens is 326 g/mol.